The van der Waals surface area contributed by atoms with Gasteiger partial charge in [-0.05, 0) is 43.2 Å². The molecule has 1 aromatic carbocycles. The summed E-state index contributed by atoms with van der Waals surface area (Å²) in [6.45, 7) is 4.18. The van der Waals surface area contributed by atoms with Crippen molar-refractivity contribution in [3.05, 3.63) is 47.5 Å². The van der Waals surface area contributed by atoms with E-state index in [4.69, 9.17) is 5.73 Å². The molecular formula is C13H15N3. The zero-order valence-electron chi connectivity index (χ0n) is 9.49. The molecule has 0 radical (unpaired) electrons. The van der Waals surface area contributed by atoms with Gasteiger partial charge in [-0.3, -0.25) is 0 Å². The quantitative estimate of drug-likeness (QED) is 0.806. The Balaban J connectivity index is 2.31. The highest BCUT2D eigenvalue weighted by atomic mass is 15.0. The third-order valence-corrected chi connectivity index (χ3v) is 2.64. The van der Waals surface area contributed by atoms with Crippen molar-refractivity contribution >= 4 is 17.3 Å². The van der Waals surface area contributed by atoms with E-state index in [9.17, 15) is 0 Å². The van der Waals surface area contributed by atoms with Crippen LogP contribution in [-0.2, 0) is 0 Å². The van der Waals surface area contributed by atoms with Crippen molar-refractivity contribution in [2.24, 2.45) is 0 Å². The number of nitrogens with zero attached hydrogens (tertiary/aromatic N) is 1. The molecule has 0 aliphatic carbocycles. The second kappa shape index (κ2) is 4.23. The molecule has 3 nitrogen and oxygen atoms in total. The average molecular weight is 213 g/mol. The molecule has 0 aliphatic heterocycles. The minimum Gasteiger partial charge on any atom is -0.384 e. The Kier molecular flexibility index (Phi) is 2.77. The molecule has 16 heavy (non-hydrogen) atoms. The summed E-state index contributed by atoms with van der Waals surface area (Å²) in [5, 5.41) is 3.26. The van der Waals surface area contributed by atoms with Crippen molar-refractivity contribution in [2.45, 2.75) is 13.8 Å². The number of nitrogen functional groups attached to an aromatic ring is 1. The van der Waals surface area contributed by atoms with Crippen LogP contribution in [-0.4, -0.2) is 4.98 Å². The number of pyridine rings is 1. The van der Waals surface area contributed by atoms with Crippen LogP contribution in [0.2, 0.25) is 0 Å². The predicted octanol–water partition coefficient (Wildman–Crippen LogP) is 3.02. The van der Waals surface area contributed by atoms with Gasteiger partial charge >= 0.3 is 0 Å². The first kappa shape index (κ1) is 10.5. The third-order valence-electron chi connectivity index (χ3n) is 2.64. The summed E-state index contributed by atoms with van der Waals surface area (Å²) < 4.78 is 0. The van der Waals surface area contributed by atoms with Crippen molar-refractivity contribution in [3.63, 3.8) is 0 Å². The standard InChI is InChI=1S/C13H15N3/c1-9-5-3-6-11(10(9)2)15-13-8-4-7-12(14)16-13/h3-8H,1-2H3,(H3,14,15,16). The number of hydrogen-bond acceptors (Lipinski definition) is 3. The van der Waals surface area contributed by atoms with E-state index in [0.29, 0.717) is 5.82 Å². The molecule has 0 saturated heterocycles. The number of aromatic nitrogens is 1. The van der Waals surface area contributed by atoms with Gasteiger partial charge in [0.2, 0.25) is 0 Å². The number of nitrogens with one attached hydrogen (secondary N) is 1. The van der Waals surface area contributed by atoms with Gasteiger partial charge in [0.15, 0.2) is 0 Å². The zero-order valence-corrected chi connectivity index (χ0v) is 9.49. The summed E-state index contributed by atoms with van der Waals surface area (Å²) in [6.07, 6.45) is 0. The van der Waals surface area contributed by atoms with E-state index in [-0.39, 0.29) is 0 Å². The van der Waals surface area contributed by atoms with Crippen LogP contribution in [0.3, 0.4) is 0 Å². The number of benzene rings is 1. The number of anilines is 3. The van der Waals surface area contributed by atoms with Crippen LogP contribution in [0.4, 0.5) is 17.3 Å². The van der Waals surface area contributed by atoms with E-state index in [1.54, 1.807) is 6.07 Å². The molecule has 0 unspecified atom stereocenters. The maximum absolute atomic E-state index is 5.63. The lowest BCUT2D eigenvalue weighted by molar-refractivity contribution is 1.28. The summed E-state index contributed by atoms with van der Waals surface area (Å²) in [5.41, 5.74) is 9.18. The smallest absolute Gasteiger partial charge is 0.132 e. The van der Waals surface area contributed by atoms with Crippen LogP contribution in [0.5, 0.6) is 0 Å². The lowest BCUT2D eigenvalue weighted by atomic mass is 10.1. The zero-order chi connectivity index (χ0) is 11.5. The van der Waals surface area contributed by atoms with Gasteiger partial charge in [0, 0.05) is 5.69 Å². The third kappa shape index (κ3) is 2.14. The Bertz CT molecular complexity index is 506. The minimum atomic E-state index is 0.523. The molecule has 0 atom stereocenters. The molecule has 2 rings (SSSR count). The molecule has 0 spiro atoms. The molecule has 0 amide bonds. The maximum Gasteiger partial charge on any atom is 0.132 e. The fraction of sp³-hybridized carbons (Fsp3) is 0.154. The average Bonchev–Trinajstić information content (AvgIpc) is 2.25. The van der Waals surface area contributed by atoms with Gasteiger partial charge in [0.05, 0.1) is 0 Å². The Labute approximate surface area is 95.3 Å². The van der Waals surface area contributed by atoms with Crippen LogP contribution < -0.4 is 11.1 Å². The van der Waals surface area contributed by atoms with Gasteiger partial charge in [0.1, 0.15) is 11.6 Å². The lowest BCUT2D eigenvalue weighted by Gasteiger charge is -2.10. The van der Waals surface area contributed by atoms with Gasteiger partial charge in [0.25, 0.3) is 0 Å². The van der Waals surface area contributed by atoms with E-state index in [0.717, 1.165) is 11.5 Å². The van der Waals surface area contributed by atoms with Gasteiger partial charge in [-0.15, -0.1) is 0 Å². The van der Waals surface area contributed by atoms with Crippen LogP contribution in [0, 0.1) is 13.8 Å². The molecule has 3 heteroatoms. The molecule has 2 aromatic rings. The molecule has 0 aliphatic rings. The lowest BCUT2D eigenvalue weighted by Crippen LogP contribution is -1.98. The maximum atomic E-state index is 5.63. The Morgan fingerprint density at radius 1 is 1.06 bits per heavy atom. The molecule has 0 saturated carbocycles. The van der Waals surface area contributed by atoms with Crippen LogP contribution in [0.1, 0.15) is 11.1 Å². The first-order valence-corrected chi connectivity index (χ1v) is 5.22. The van der Waals surface area contributed by atoms with E-state index in [2.05, 4.69) is 30.2 Å². The largest absolute Gasteiger partial charge is 0.384 e. The summed E-state index contributed by atoms with van der Waals surface area (Å²) in [5.74, 6) is 1.30. The molecule has 0 fully saturated rings. The van der Waals surface area contributed by atoms with Crippen molar-refractivity contribution < 1.29 is 0 Å². The summed E-state index contributed by atoms with van der Waals surface area (Å²) in [7, 11) is 0. The van der Waals surface area contributed by atoms with Crippen molar-refractivity contribution in [3.8, 4) is 0 Å². The van der Waals surface area contributed by atoms with E-state index in [1.165, 1.54) is 11.1 Å². The van der Waals surface area contributed by atoms with Gasteiger partial charge < -0.3 is 11.1 Å². The second-order valence-electron chi connectivity index (χ2n) is 3.82. The fourth-order valence-electron chi connectivity index (χ4n) is 1.55. The normalized spacial score (nSPS) is 10.1. The Morgan fingerprint density at radius 2 is 1.81 bits per heavy atom. The molecule has 1 aromatic heterocycles. The molecule has 1 heterocycles. The topological polar surface area (TPSA) is 50.9 Å². The van der Waals surface area contributed by atoms with Gasteiger partial charge in [-0.2, -0.15) is 0 Å². The number of aryl methyl sites for hydroxylation is 1. The van der Waals surface area contributed by atoms with E-state index in [1.807, 2.05) is 24.3 Å². The van der Waals surface area contributed by atoms with Gasteiger partial charge in [-0.1, -0.05) is 18.2 Å². The Hall–Kier alpha value is -2.03. The molecule has 82 valence electrons. The van der Waals surface area contributed by atoms with Crippen molar-refractivity contribution in [1.29, 1.82) is 0 Å². The minimum absolute atomic E-state index is 0.523. The SMILES string of the molecule is Cc1cccc(Nc2cccc(N)n2)c1C. The van der Waals surface area contributed by atoms with Crippen molar-refractivity contribution in [2.75, 3.05) is 11.1 Å². The van der Waals surface area contributed by atoms with Crippen molar-refractivity contribution in [1.82, 2.24) is 4.98 Å². The summed E-state index contributed by atoms with van der Waals surface area (Å²) in [4.78, 5) is 4.21. The van der Waals surface area contributed by atoms with Gasteiger partial charge in [-0.25, -0.2) is 4.98 Å². The highest BCUT2D eigenvalue weighted by Gasteiger charge is 2.01. The highest BCUT2D eigenvalue weighted by Crippen LogP contribution is 2.21. The predicted molar refractivity (Wildman–Crippen MR) is 67.8 cm³/mol. The highest BCUT2D eigenvalue weighted by molar-refractivity contribution is 5.62. The summed E-state index contributed by atoms with van der Waals surface area (Å²) >= 11 is 0. The Morgan fingerprint density at radius 3 is 2.56 bits per heavy atom. The van der Waals surface area contributed by atoms with Crippen LogP contribution >= 0.6 is 0 Å². The monoisotopic (exact) mass is 213 g/mol. The fourth-order valence-corrected chi connectivity index (χ4v) is 1.55. The second-order valence-corrected chi connectivity index (χ2v) is 3.82. The molecule has 0 bridgehead atoms. The number of nitrogens with two attached hydrogens (primary N) is 1. The van der Waals surface area contributed by atoms with E-state index < -0.39 is 0 Å². The first-order valence-electron chi connectivity index (χ1n) is 5.22. The summed E-state index contributed by atoms with van der Waals surface area (Å²) in [6, 6.07) is 11.7. The number of hydrogen-bond donors (Lipinski definition) is 2. The number of rotatable bonds is 2. The van der Waals surface area contributed by atoms with Crippen LogP contribution in [0.25, 0.3) is 0 Å². The van der Waals surface area contributed by atoms with Crippen LogP contribution in [0.15, 0.2) is 36.4 Å². The van der Waals surface area contributed by atoms with E-state index >= 15 is 0 Å². The molecule has 3 N–H and O–H groups in total. The first-order chi connectivity index (χ1) is 7.66. The molecular weight excluding hydrogens is 198 g/mol.